The highest BCUT2D eigenvalue weighted by Crippen LogP contribution is 2.49. The van der Waals surface area contributed by atoms with Crippen molar-refractivity contribution in [1.29, 1.82) is 0 Å². The van der Waals surface area contributed by atoms with E-state index in [1.165, 1.54) is 22.3 Å². The van der Waals surface area contributed by atoms with E-state index in [0.717, 1.165) is 42.5 Å². The van der Waals surface area contributed by atoms with Crippen LogP contribution in [0, 0.1) is 0 Å². The lowest BCUT2D eigenvalue weighted by molar-refractivity contribution is 0.133. The fourth-order valence-electron chi connectivity index (χ4n) is 5.06. The number of hydrogen-bond donors (Lipinski definition) is 0. The maximum atomic E-state index is 5.65. The first-order valence-corrected chi connectivity index (χ1v) is 11.4. The van der Waals surface area contributed by atoms with Crippen LogP contribution in [0.1, 0.15) is 47.6 Å². The SMILES string of the molecule is CC[C@H]1c2cc(OC)c(OC)cc2CN(Cc2ccccc2)[C@@H]1c1ccc(OC)c(OC)c1. The zero-order chi connectivity index (χ0) is 23.4. The molecule has 0 fully saturated rings. The van der Waals surface area contributed by atoms with E-state index in [4.69, 9.17) is 18.9 Å². The van der Waals surface area contributed by atoms with E-state index in [9.17, 15) is 0 Å². The highest BCUT2D eigenvalue weighted by molar-refractivity contribution is 5.52. The molecule has 174 valence electrons. The third kappa shape index (κ3) is 4.51. The molecule has 3 aromatic rings. The van der Waals surface area contributed by atoms with Crippen LogP contribution < -0.4 is 18.9 Å². The third-order valence-corrected chi connectivity index (χ3v) is 6.61. The number of methoxy groups -OCH3 is 4. The highest BCUT2D eigenvalue weighted by Gasteiger charge is 2.36. The highest BCUT2D eigenvalue weighted by atomic mass is 16.5. The van der Waals surface area contributed by atoms with Crippen molar-refractivity contribution in [3.8, 4) is 23.0 Å². The average molecular weight is 448 g/mol. The van der Waals surface area contributed by atoms with Crippen molar-refractivity contribution in [2.75, 3.05) is 28.4 Å². The molecule has 0 unspecified atom stereocenters. The van der Waals surface area contributed by atoms with Crippen LogP contribution in [0.5, 0.6) is 23.0 Å². The van der Waals surface area contributed by atoms with E-state index in [2.05, 4.69) is 66.4 Å². The molecule has 4 rings (SSSR count). The minimum atomic E-state index is 0.181. The molecule has 0 aliphatic carbocycles. The van der Waals surface area contributed by atoms with Gasteiger partial charge in [0.05, 0.1) is 28.4 Å². The van der Waals surface area contributed by atoms with E-state index >= 15 is 0 Å². The third-order valence-electron chi connectivity index (χ3n) is 6.61. The van der Waals surface area contributed by atoms with E-state index in [-0.39, 0.29) is 12.0 Å². The Labute approximate surface area is 196 Å². The fourth-order valence-corrected chi connectivity index (χ4v) is 5.06. The van der Waals surface area contributed by atoms with Gasteiger partial charge in [-0.15, -0.1) is 0 Å². The maximum absolute atomic E-state index is 5.65. The van der Waals surface area contributed by atoms with Crippen molar-refractivity contribution in [3.63, 3.8) is 0 Å². The summed E-state index contributed by atoms with van der Waals surface area (Å²) in [4.78, 5) is 2.55. The Morgan fingerprint density at radius 3 is 2.03 bits per heavy atom. The minimum Gasteiger partial charge on any atom is -0.493 e. The van der Waals surface area contributed by atoms with Crippen LogP contribution in [0.15, 0.2) is 60.7 Å². The molecule has 0 saturated carbocycles. The summed E-state index contributed by atoms with van der Waals surface area (Å²) in [5.41, 5.74) is 5.11. The number of ether oxygens (including phenoxy) is 4. The van der Waals surface area contributed by atoms with Crippen molar-refractivity contribution in [2.24, 2.45) is 0 Å². The monoisotopic (exact) mass is 447 g/mol. The molecular weight excluding hydrogens is 414 g/mol. The Morgan fingerprint density at radius 2 is 1.39 bits per heavy atom. The number of rotatable bonds is 8. The van der Waals surface area contributed by atoms with Gasteiger partial charge in [-0.3, -0.25) is 4.90 Å². The first-order valence-electron chi connectivity index (χ1n) is 11.4. The van der Waals surface area contributed by atoms with Crippen LogP contribution in [0.2, 0.25) is 0 Å². The Balaban J connectivity index is 1.84. The lowest BCUT2D eigenvalue weighted by atomic mass is 9.78. The van der Waals surface area contributed by atoms with Crippen molar-refractivity contribution in [2.45, 2.75) is 38.4 Å². The van der Waals surface area contributed by atoms with E-state index in [0.29, 0.717) is 0 Å². The van der Waals surface area contributed by atoms with E-state index in [1.54, 1.807) is 28.4 Å². The summed E-state index contributed by atoms with van der Waals surface area (Å²) in [7, 11) is 6.75. The lowest BCUT2D eigenvalue weighted by Crippen LogP contribution is -2.36. The zero-order valence-electron chi connectivity index (χ0n) is 20.1. The first kappa shape index (κ1) is 23.0. The second kappa shape index (κ2) is 10.2. The molecule has 0 spiro atoms. The standard InChI is InChI=1S/C28H33NO4/c1-6-22-23-16-27(33-5)26(32-4)15-21(23)18-29(17-19-10-8-7-9-11-19)28(22)20-12-13-24(30-2)25(14-20)31-3/h7-16,22,28H,6,17-18H2,1-5H3/t22-,28+/m0/s1. The minimum absolute atomic E-state index is 0.181. The smallest absolute Gasteiger partial charge is 0.161 e. The molecule has 0 radical (unpaired) electrons. The Hall–Kier alpha value is -3.18. The van der Waals surface area contributed by atoms with Crippen LogP contribution in [0.4, 0.5) is 0 Å². The second-order valence-electron chi connectivity index (χ2n) is 8.37. The van der Waals surface area contributed by atoms with Crippen LogP contribution >= 0.6 is 0 Å². The van der Waals surface area contributed by atoms with Crippen LogP contribution in [-0.2, 0) is 13.1 Å². The van der Waals surface area contributed by atoms with Gasteiger partial charge in [-0.1, -0.05) is 43.3 Å². The molecule has 0 saturated heterocycles. The zero-order valence-corrected chi connectivity index (χ0v) is 20.1. The summed E-state index contributed by atoms with van der Waals surface area (Å²) >= 11 is 0. The Morgan fingerprint density at radius 1 is 0.758 bits per heavy atom. The van der Waals surface area contributed by atoms with Gasteiger partial charge in [-0.05, 0) is 52.9 Å². The van der Waals surface area contributed by atoms with Crippen LogP contribution in [0.3, 0.4) is 0 Å². The normalized spacial score (nSPS) is 17.8. The summed E-state index contributed by atoms with van der Waals surface area (Å²) in [6.45, 7) is 3.93. The number of hydrogen-bond acceptors (Lipinski definition) is 5. The van der Waals surface area contributed by atoms with E-state index < -0.39 is 0 Å². The molecule has 3 aromatic carbocycles. The number of fused-ring (bicyclic) bond motifs is 1. The molecule has 33 heavy (non-hydrogen) atoms. The van der Waals surface area contributed by atoms with Gasteiger partial charge in [0.1, 0.15) is 0 Å². The van der Waals surface area contributed by atoms with E-state index in [1.807, 2.05) is 6.07 Å². The van der Waals surface area contributed by atoms with Crippen molar-refractivity contribution in [3.05, 3.63) is 82.9 Å². The molecule has 1 heterocycles. The van der Waals surface area contributed by atoms with Gasteiger partial charge in [0, 0.05) is 25.0 Å². The molecule has 0 N–H and O–H groups in total. The van der Waals surface area contributed by atoms with Gasteiger partial charge < -0.3 is 18.9 Å². The van der Waals surface area contributed by atoms with Crippen LogP contribution in [-0.4, -0.2) is 33.3 Å². The van der Waals surface area contributed by atoms with Crippen molar-refractivity contribution >= 4 is 0 Å². The van der Waals surface area contributed by atoms with Crippen molar-refractivity contribution in [1.82, 2.24) is 4.90 Å². The Kier molecular flexibility index (Phi) is 7.09. The molecule has 5 heteroatoms. The predicted octanol–water partition coefficient (Wildman–Crippen LogP) is 5.97. The molecule has 1 aliphatic rings. The predicted molar refractivity (Wildman–Crippen MR) is 131 cm³/mol. The topological polar surface area (TPSA) is 40.2 Å². The second-order valence-corrected chi connectivity index (χ2v) is 8.37. The largest absolute Gasteiger partial charge is 0.493 e. The molecule has 0 amide bonds. The Bertz CT molecular complexity index is 1080. The average Bonchev–Trinajstić information content (AvgIpc) is 2.87. The lowest BCUT2D eigenvalue weighted by Gasteiger charge is -2.43. The summed E-state index contributed by atoms with van der Waals surface area (Å²) in [5.74, 6) is 3.33. The van der Waals surface area contributed by atoms with Gasteiger partial charge in [0.2, 0.25) is 0 Å². The van der Waals surface area contributed by atoms with Crippen LogP contribution in [0.25, 0.3) is 0 Å². The van der Waals surface area contributed by atoms with Gasteiger partial charge in [0.25, 0.3) is 0 Å². The molecule has 0 bridgehead atoms. The van der Waals surface area contributed by atoms with Gasteiger partial charge in [-0.25, -0.2) is 0 Å². The first-order chi connectivity index (χ1) is 16.1. The number of benzene rings is 3. The molecule has 1 aliphatic heterocycles. The quantitative estimate of drug-likeness (QED) is 0.425. The molecule has 2 atom stereocenters. The maximum Gasteiger partial charge on any atom is 0.161 e. The number of nitrogens with zero attached hydrogens (tertiary/aromatic N) is 1. The summed E-state index contributed by atoms with van der Waals surface area (Å²) in [5, 5.41) is 0. The molecule has 5 nitrogen and oxygen atoms in total. The molecular formula is C28H33NO4. The van der Waals surface area contributed by atoms with Gasteiger partial charge in [-0.2, -0.15) is 0 Å². The molecule has 0 aromatic heterocycles. The summed E-state index contributed by atoms with van der Waals surface area (Å²) in [6.07, 6.45) is 0.993. The van der Waals surface area contributed by atoms with Gasteiger partial charge >= 0.3 is 0 Å². The van der Waals surface area contributed by atoms with Gasteiger partial charge in [0.15, 0.2) is 23.0 Å². The van der Waals surface area contributed by atoms with Crippen molar-refractivity contribution < 1.29 is 18.9 Å². The summed E-state index contributed by atoms with van der Waals surface area (Å²) < 4.78 is 22.4. The fraction of sp³-hybridized carbons (Fsp3) is 0.357. The summed E-state index contributed by atoms with van der Waals surface area (Å²) in [6, 6.07) is 21.4.